The molecule has 0 heterocycles. The fourth-order valence-corrected chi connectivity index (χ4v) is 1.63. The van der Waals surface area contributed by atoms with E-state index in [1.165, 1.54) is 0 Å². The number of hydrogen-bond acceptors (Lipinski definition) is 4. The maximum Gasteiger partial charge on any atom is 0.282 e. The topological polar surface area (TPSA) is 77.3 Å². The molecule has 0 aromatic heterocycles. The zero-order chi connectivity index (χ0) is 14.1. The maximum atomic E-state index is 11.6. The molecule has 1 rings (SSSR count). The van der Waals surface area contributed by atoms with Crippen molar-refractivity contribution in [3.8, 4) is 6.07 Å². The molecule has 0 fully saturated rings. The number of halogens is 1. The Bertz CT molecular complexity index is 508. The van der Waals surface area contributed by atoms with Gasteiger partial charge in [0.15, 0.2) is 0 Å². The zero-order valence-corrected chi connectivity index (χ0v) is 12.2. The molecular formula is C13H15BrN4O. The molecule has 1 aromatic rings. The van der Waals surface area contributed by atoms with E-state index < -0.39 is 5.91 Å². The number of nitriles is 1. The van der Waals surface area contributed by atoms with Gasteiger partial charge in [-0.05, 0) is 34.5 Å². The highest BCUT2D eigenvalue weighted by Gasteiger charge is 2.10. The lowest BCUT2D eigenvalue weighted by Gasteiger charge is -2.04. The Hall–Kier alpha value is -1.87. The summed E-state index contributed by atoms with van der Waals surface area (Å²) in [6, 6.07) is 9.10. The van der Waals surface area contributed by atoms with Crippen LogP contribution in [0.2, 0.25) is 0 Å². The van der Waals surface area contributed by atoms with Crippen LogP contribution in [-0.2, 0) is 4.79 Å². The van der Waals surface area contributed by atoms with Gasteiger partial charge in [-0.25, -0.2) is 0 Å². The first-order valence-electron chi connectivity index (χ1n) is 5.95. The molecule has 2 N–H and O–H groups in total. The van der Waals surface area contributed by atoms with Gasteiger partial charge in [-0.1, -0.05) is 25.5 Å². The number of rotatable bonds is 6. The lowest BCUT2D eigenvalue weighted by Crippen LogP contribution is -2.31. The molecule has 1 aromatic carbocycles. The molecular weight excluding hydrogens is 308 g/mol. The van der Waals surface area contributed by atoms with Crippen LogP contribution in [0.5, 0.6) is 0 Å². The average molecular weight is 323 g/mol. The van der Waals surface area contributed by atoms with Crippen molar-refractivity contribution >= 4 is 33.2 Å². The van der Waals surface area contributed by atoms with Gasteiger partial charge >= 0.3 is 0 Å². The van der Waals surface area contributed by atoms with Crippen LogP contribution in [0.25, 0.3) is 0 Å². The molecule has 0 aliphatic carbocycles. The predicted molar refractivity (Wildman–Crippen MR) is 78.7 cm³/mol. The Morgan fingerprint density at radius 3 is 2.84 bits per heavy atom. The van der Waals surface area contributed by atoms with Crippen molar-refractivity contribution in [1.82, 2.24) is 5.32 Å². The zero-order valence-electron chi connectivity index (χ0n) is 10.6. The van der Waals surface area contributed by atoms with E-state index in [4.69, 9.17) is 5.26 Å². The van der Waals surface area contributed by atoms with Crippen LogP contribution < -0.4 is 10.7 Å². The van der Waals surface area contributed by atoms with Gasteiger partial charge in [0.1, 0.15) is 6.07 Å². The normalized spacial score (nSPS) is 10.7. The summed E-state index contributed by atoms with van der Waals surface area (Å²) >= 11 is 3.34. The van der Waals surface area contributed by atoms with Crippen LogP contribution in [0.1, 0.15) is 19.8 Å². The summed E-state index contributed by atoms with van der Waals surface area (Å²) in [5, 5.41) is 15.4. The van der Waals surface area contributed by atoms with Crippen molar-refractivity contribution in [3.63, 3.8) is 0 Å². The van der Waals surface area contributed by atoms with E-state index in [2.05, 4.69) is 31.8 Å². The minimum atomic E-state index is -0.462. The highest BCUT2D eigenvalue weighted by Crippen LogP contribution is 2.20. The standard InChI is InChI=1S/C13H15BrN4O/c1-2-3-8-16-13(19)12(9-15)18-17-11-7-5-4-6-10(11)14/h4-7,17H,2-3,8H2,1H3,(H,16,19)/b18-12+. The molecule has 0 spiro atoms. The van der Waals surface area contributed by atoms with Gasteiger partial charge in [-0.15, -0.1) is 0 Å². The summed E-state index contributed by atoms with van der Waals surface area (Å²) in [6.07, 6.45) is 1.86. The van der Waals surface area contributed by atoms with Crippen LogP contribution in [0, 0.1) is 11.3 Å². The molecule has 0 atom stereocenters. The van der Waals surface area contributed by atoms with E-state index in [1.54, 1.807) is 12.1 Å². The first kappa shape index (κ1) is 15.2. The largest absolute Gasteiger partial charge is 0.350 e. The number of para-hydroxylation sites is 1. The lowest BCUT2D eigenvalue weighted by molar-refractivity contribution is -0.114. The van der Waals surface area contributed by atoms with Crippen molar-refractivity contribution in [2.45, 2.75) is 19.8 Å². The fraction of sp³-hybridized carbons (Fsp3) is 0.308. The summed E-state index contributed by atoms with van der Waals surface area (Å²) in [5.74, 6) is -0.462. The van der Waals surface area contributed by atoms with Crippen molar-refractivity contribution < 1.29 is 4.79 Å². The number of hydrogen-bond donors (Lipinski definition) is 2. The third-order valence-corrected chi connectivity index (χ3v) is 2.99. The summed E-state index contributed by atoms with van der Waals surface area (Å²) in [5.41, 5.74) is 3.20. The second-order valence-corrected chi connectivity index (χ2v) is 4.63. The highest BCUT2D eigenvalue weighted by atomic mass is 79.9. The van der Waals surface area contributed by atoms with E-state index in [9.17, 15) is 4.79 Å². The second kappa shape index (κ2) is 8.27. The van der Waals surface area contributed by atoms with Crippen LogP contribution in [0.3, 0.4) is 0 Å². The molecule has 5 nitrogen and oxygen atoms in total. The van der Waals surface area contributed by atoms with E-state index >= 15 is 0 Å². The second-order valence-electron chi connectivity index (χ2n) is 3.77. The Morgan fingerprint density at radius 1 is 1.47 bits per heavy atom. The molecule has 0 saturated heterocycles. The van der Waals surface area contributed by atoms with Gasteiger partial charge in [0.25, 0.3) is 5.91 Å². The number of nitrogens with one attached hydrogen (secondary N) is 2. The lowest BCUT2D eigenvalue weighted by atomic mass is 10.3. The number of amides is 1. The van der Waals surface area contributed by atoms with Crippen LogP contribution in [0.15, 0.2) is 33.8 Å². The molecule has 0 aliphatic rings. The molecule has 0 bridgehead atoms. The molecule has 0 saturated carbocycles. The van der Waals surface area contributed by atoms with Crippen LogP contribution in [-0.4, -0.2) is 18.2 Å². The van der Waals surface area contributed by atoms with Gasteiger partial charge in [0, 0.05) is 11.0 Å². The van der Waals surface area contributed by atoms with Gasteiger partial charge < -0.3 is 5.32 Å². The van der Waals surface area contributed by atoms with Crippen molar-refractivity contribution in [2.75, 3.05) is 12.0 Å². The number of carbonyl (C=O) groups excluding carboxylic acids is 1. The number of unbranched alkanes of at least 4 members (excludes halogenated alkanes) is 1. The fourth-order valence-electron chi connectivity index (χ4n) is 1.26. The minimum absolute atomic E-state index is 0.188. The highest BCUT2D eigenvalue weighted by molar-refractivity contribution is 9.10. The monoisotopic (exact) mass is 322 g/mol. The molecule has 6 heteroatoms. The third-order valence-electron chi connectivity index (χ3n) is 2.30. The molecule has 19 heavy (non-hydrogen) atoms. The van der Waals surface area contributed by atoms with Gasteiger partial charge in [-0.3, -0.25) is 10.2 Å². The van der Waals surface area contributed by atoms with Crippen LogP contribution in [0.4, 0.5) is 5.69 Å². The molecule has 1 amide bonds. The third kappa shape index (κ3) is 5.10. The summed E-state index contributed by atoms with van der Waals surface area (Å²) in [4.78, 5) is 11.6. The average Bonchev–Trinajstić information content (AvgIpc) is 2.41. The Kier molecular flexibility index (Phi) is 6.61. The van der Waals surface area contributed by atoms with E-state index in [1.807, 2.05) is 25.1 Å². The number of carbonyl (C=O) groups is 1. The Morgan fingerprint density at radius 2 is 2.21 bits per heavy atom. The summed E-state index contributed by atoms with van der Waals surface area (Å²) in [7, 11) is 0. The maximum absolute atomic E-state index is 11.6. The summed E-state index contributed by atoms with van der Waals surface area (Å²) < 4.78 is 0.808. The molecule has 0 radical (unpaired) electrons. The quantitative estimate of drug-likeness (QED) is 0.480. The van der Waals surface area contributed by atoms with Crippen molar-refractivity contribution in [2.24, 2.45) is 5.10 Å². The first-order chi connectivity index (χ1) is 9.19. The van der Waals surface area contributed by atoms with Crippen LogP contribution >= 0.6 is 15.9 Å². The number of hydrazone groups is 1. The van der Waals surface area contributed by atoms with Gasteiger partial charge in [0.05, 0.1) is 5.69 Å². The molecule has 0 unspecified atom stereocenters. The smallest absolute Gasteiger partial charge is 0.282 e. The number of anilines is 1. The molecule has 100 valence electrons. The molecule has 0 aliphatic heterocycles. The predicted octanol–water partition coefficient (Wildman–Crippen LogP) is 2.66. The van der Waals surface area contributed by atoms with E-state index in [0.717, 1.165) is 17.3 Å². The van der Waals surface area contributed by atoms with Crippen molar-refractivity contribution in [1.29, 1.82) is 5.26 Å². The van der Waals surface area contributed by atoms with E-state index in [-0.39, 0.29) is 5.71 Å². The Balaban J connectivity index is 2.65. The van der Waals surface area contributed by atoms with Gasteiger partial charge in [0.2, 0.25) is 5.71 Å². The number of benzene rings is 1. The number of nitrogens with zero attached hydrogens (tertiary/aromatic N) is 2. The van der Waals surface area contributed by atoms with Crippen molar-refractivity contribution in [3.05, 3.63) is 28.7 Å². The minimum Gasteiger partial charge on any atom is -0.350 e. The first-order valence-corrected chi connectivity index (χ1v) is 6.74. The SMILES string of the molecule is CCCCNC(=O)/C(C#N)=N/Nc1ccccc1Br. The summed E-state index contributed by atoms with van der Waals surface area (Å²) in [6.45, 7) is 2.57. The Labute approximate surface area is 120 Å². The van der Waals surface area contributed by atoms with Gasteiger partial charge in [-0.2, -0.15) is 10.4 Å². The van der Waals surface area contributed by atoms with E-state index in [0.29, 0.717) is 12.2 Å².